The van der Waals surface area contributed by atoms with Crippen LogP contribution < -0.4 is 10.6 Å². The Kier molecular flexibility index (Phi) is 9.27. The van der Waals surface area contributed by atoms with Crippen LogP contribution in [-0.2, 0) is 11.8 Å². The highest BCUT2D eigenvalue weighted by atomic mass is 127. The Hall–Kier alpha value is -1.28. The summed E-state index contributed by atoms with van der Waals surface area (Å²) in [6.45, 7) is 8.84. The van der Waals surface area contributed by atoms with Crippen molar-refractivity contribution in [1.29, 1.82) is 0 Å². The van der Waals surface area contributed by atoms with Gasteiger partial charge in [0.25, 0.3) is 0 Å². The molecule has 0 amide bonds. The van der Waals surface area contributed by atoms with Gasteiger partial charge in [0.2, 0.25) is 0 Å². The molecule has 138 valence electrons. The fourth-order valence-corrected chi connectivity index (χ4v) is 3.24. The number of phenols is 1. The van der Waals surface area contributed by atoms with Gasteiger partial charge in [-0.1, -0.05) is 32.0 Å². The topological polar surface area (TPSA) is 56.7 Å². The van der Waals surface area contributed by atoms with E-state index >= 15 is 0 Å². The number of hydrogen-bond donors (Lipinski definition) is 3. The first kappa shape index (κ1) is 21.8. The molecular weight excluding hydrogens is 445 g/mol. The average molecular weight is 473 g/mol. The van der Waals surface area contributed by atoms with Crippen molar-refractivity contribution in [2.24, 2.45) is 4.99 Å². The van der Waals surface area contributed by atoms with Crippen LogP contribution >= 0.6 is 35.3 Å². The first-order chi connectivity index (χ1) is 11.5. The highest BCUT2D eigenvalue weighted by molar-refractivity contribution is 14.0. The van der Waals surface area contributed by atoms with Crippen molar-refractivity contribution >= 4 is 41.3 Å². The monoisotopic (exact) mass is 473 g/mol. The summed E-state index contributed by atoms with van der Waals surface area (Å²) in [4.78, 5) is 6.09. The second kappa shape index (κ2) is 10.7. The zero-order valence-electron chi connectivity index (χ0n) is 15.1. The van der Waals surface area contributed by atoms with Crippen LogP contribution in [0.2, 0.25) is 0 Å². The number of rotatable bonds is 7. The molecule has 0 aliphatic rings. The maximum atomic E-state index is 9.51. The standard InChI is InChI=1S/C19H27N3OS.HI/c1-4-20-18(21-11-10-15-7-5-8-16(23)13-15)22-14-19(2,3)17-9-6-12-24-17;/h5-9,12-13,23H,4,10-11,14H2,1-3H3,(H2,20,21,22);1H. The van der Waals surface area contributed by atoms with Crippen LogP contribution in [0.3, 0.4) is 0 Å². The molecule has 1 heterocycles. The third kappa shape index (κ3) is 7.23. The number of aliphatic imine (C=N–C) groups is 1. The van der Waals surface area contributed by atoms with Gasteiger partial charge >= 0.3 is 0 Å². The molecular formula is C19H28IN3OS. The number of halogens is 1. The van der Waals surface area contributed by atoms with Crippen molar-refractivity contribution in [3.8, 4) is 5.75 Å². The highest BCUT2D eigenvalue weighted by Gasteiger charge is 2.21. The number of aromatic hydroxyl groups is 1. The van der Waals surface area contributed by atoms with Crippen molar-refractivity contribution in [2.45, 2.75) is 32.6 Å². The molecule has 0 aliphatic heterocycles. The predicted octanol–water partition coefficient (Wildman–Crippen LogP) is 4.15. The minimum absolute atomic E-state index is 0. The Morgan fingerprint density at radius 3 is 2.64 bits per heavy atom. The summed E-state index contributed by atoms with van der Waals surface area (Å²) in [7, 11) is 0. The van der Waals surface area contributed by atoms with Crippen LogP contribution in [0.15, 0.2) is 46.8 Å². The summed E-state index contributed by atoms with van der Waals surface area (Å²) in [5, 5.41) is 18.3. The molecule has 0 fully saturated rings. The Labute approximate surface area is 171 Å². The Morgan fingerprint density at radius 1 is 1.20 bits per heavy atom. The highest BCUT2D eigenvalue weighted by Crippen LogP contribution is 2.27. The fraction of sp³-hybridized carbons (Fsp3) is 0.421. The summed E-state index contributed by atoms with van der Waals surface area (Å²) in [5.41, 5.74) is 1.14. The quantitative estimate of drug-likeness (QED) is 0.322. The van der Waals surface area contributed by atoms with E-state index in [9.17, 15) is 5.11 Å². The van der Waals surface area contributed by atoms with E-state index in [4.69, 9.17) is 4.99 Å². The molecule has 0 saturated carbocycles. The Balaban J connectivity index is 0.00000312. The molecule has 4 nitrogen and oxygen atoms in total. The van der Waals surface area contributed by atoms with E-state index in [1.807, 2.05) is 12.1 Å². The normalized spacial score (nSPS) is 11.7. The number of phenolic OH excluding ortho intramolecular Hbond substituents is 1. The molecule has 0 spiro atoms. The Bertz CT molecular complexity index is 656. The lowest BCUT2D eigenvalue weighted by Gasteiger charge is -2.21. The van der Waals surface area contributed by atoms with E-state index in [0.717, 1.165) is 37.6 Å². The van der Waals surface area contributed by atoms with Crippen LogP contribution in [-0.4, -0.2) is 30.7 Å². The van der Waals surface area contributed by atoms with E-state index in [0.29, 0.717) is 5.75 Å². The average Bonchev–Trinajstić information content (AvgIpc) is 3.08. The lowest BCUT2D eigenvalue weighted by atomic mass is 9.92. The number of nitrogens with one attached hydrogen (secondary N) is 2. The van der Waals surface area contributed by atoms with Gasteiger partial charge in [0.05, 0.1) is 6.54 Å². The smallest absolute Gasteiger partial charge is 0.191 e. The molecule has 0 unspecified atom stereocenters. The molecule has 0 aliphatic carbocycles. The third-order valence-electron chi connectivity index (χ3n) is 3.78. The number of nitrogens with zero attached hydrogens (tertiary/aromatic N) is 1. The van der Waals surface area contributed by atoms with Crippen LogP contribution in [0, 0.1) is 0 Å². The molecule has 25 heavy (non-hydrogen) atoms. The van der Waals surface area contributed by atoms with E-state index < -0.39 is 0 Å². The van der Waals surface area contributed by atoms with Gasteiger partial charge in [-0.3, -0.25) is 4.99 Å². The number of benzene rings is 1. The Morgan fingerprint density at radius 2 is 2.00 bits per heavy atom. The van der Waals surface area contributed by atoms with Crippen LogP contribution in [0.5, 0.6) is 5.75 Å². The lowest BCUT2D eigenvalue weighted by molar-refractivity contribution is 0.474. The maximum Gasteiger partial charge on any atom is 0.191 e. The van der Waals surface area contributed by atoms with Crippen LogP contribution in [0.1, 0.15) is 31.2 Å². The van der Waals surface area contributed by atoms with Gasteiger partial charge in [0, 0.05) is 23.4 Å². The molecule has 0 atom stereocenters. The van der Waals surface area contributed by atoms with Crippen molar-refractivity contribution in [1.82, 2.24) is 10.6 Å². The molecule has 0 radical (unpaired) electrons. The van der Waals surface area contributed by atoms with Crippen molar-refractivity contribution < 1.29 is 5.11 Å². The molecule has 1 aromatic heterocycles. The zero-order chi connectivity index (χ0) is 17.4. The summed E-state index contributed by atoms with van der Waals surface area (Å²) < 4.78 is 0. The van der Waals surface area contributed by atoms with Gasteiger partial charge in [0.1, 0.15) is 5.75 Å². The van der Waals surface area contributed by atoms with Gasteiger partial charge in [-0.25, -0.2) is 0 Å². The largest absolute Gasteiger partial charge is 0.508 e. The summed E-state index contributed by atoms with van der Waals surface area (Å²) in [6, 6.07) is 11.6. The van der Waals surface area contributed by atoms with Crippen molar-refractivity contribution in [3.63, 3.8) is 0 Å². The molecule has 0 bridgehead atoms. The molecule has 0 saturated heterocycles. The lowest BCUT2D eigenvalue weighted by Crippen LogP contribution is -2.39. The SMILES string of the molecule is CCNC(=NCC(C)(C)c1cccs1)NCCc1cccc(O)c1.I. The summed E-state index contributed by atoms with van der Waals surface area (Å²) in [5.74, 6) is 1.15. The third-order valence-corrected chi connectivity index (χ3v) is 5.02. The first-order valence-electron chi connectivity index (χ1n) is 8.35. The predicted molar refractivity (Wildman–Crippen MR) is 119 cm³/mol. The van der Waals surface area contributed by atoms with Gasteiger partial charge < -0.3 is 15.7 Å². The zero-order valence-corrected chi connectivity index (χ0v) is 18.2. The fourth-order valence-electron chi connectivity index (χ4n) is 2.40. The van der Waals surface area contributed by atoms with Crippen molar-refractivity contribution in [3.05, 3.63) is 52.2 Å². The number of hydrogen-bond acceptors (Lipinski definition) is 3. The van der Waals surface area contributed by atoms with E-state index in [-0.39, 0.29) is 29.4 Å². The molecule has 3 N–H and O–H groups in total. The second-order valence-electron chi connectivity index (χ2n) is 6.40. The summed E-state index contributed by atoms with van der Waals surface area (Å²) >= 11 is 1.78. The second-order valence-corrected chi connectivity index (χ2v) is 7.35. The summed E-state index contributed by atoms with van der Waals surface area (Å²) in [6.07, 6.45) is 0.840. The van der Waals surface area contributed by atoms with Gasteiger partial charge in [-0.2, -0.15) is 0 Å². The van der Waals surface area contributed by atoms with Gasteiger partial charge in [-0.05, 0) is 42.5 Å². The molecule has 1 aromatic carbocycles. The van der Waals surface area contributed by atoms with Crippen molar-refractivity contribution in [2.75, 3.05) is 19.6 Å². The van der Waals surface area contributed by atoms with E-state index in [2.05, 4.69) is 48.9 Å². The molecule has 2 rings (SSSR count). The molecule has 2 aromatic rings. The van der Waals surface area contributed by atoms with Crippen LogP contribution in [0.25, 0.3) is 0 Å². The van der Waals surface area contributed by atoms with E-state index in [1.54, 1.807) is 23.5 Å². The molecule has 6 heteroatoms. The van der Waals surface area contributed by atoms with Gasteiger partial charge in [0.15, 0.2) is 5.96 Å². The minimum Gasteiger partial charge on any atom is -0.508 e. The number of thiophene rings is 1. The van der Waals surface area contributed by atoms with E-state index in [1.165, 1.54) is 4.88 Å². The van der Waals surface area contributed by atoms with Crippen LogP contribution in [0.4, 0.5) is 0 Å². The maximum absolute atomic E-state index is 9.51. The first-order valence-corrected chi connectivity index (χ1v) is 9.23. The van der Waals surface area contributed by atoms with Gasteiger partial charge in [-0.15, -0.1) is 35.3 Å². The number of guanidine groups is 1. The minimum atomic E-state index is 0.